The fourth-order valence-corrected chi connectivity index (χ4v) is 2.40. The fraction of sp³-hybridized carbons (Fsp3) is 0.500. The Labute approximate surface area is 134 Å². The van der Waals surface area contributed by atoms with E-state index in [2.05, 4.69) is 21.2 Å². The van der Waals surface area contributed by atoms with Crippen molar-refractivity contribution in [3.8, 4) is 0 Å². The van der Waals surface area contributed by atoms with E-state index in [1.807, 2.05) is 26.0 Å². The van der Waals surface area contributed by atoms with Crippen molar-refractivity contribution in [1.82, 2.24) is 5.32 Å². The Morgan fingerprint density at radius 1 is 1.33 bits per heavy atom. The third-order valence-electron chi connectivity index (χ3n) is 3.60. The molecule has 0 aromatic heterocycles. The van der Waals surface area contributed by atoms with Gasteiger partial charge in [0.2, 0.25) is 0 Å². The van der Waals surface area contributed by atoms with Gasteiger partial charge in [0.1, 0.15) is 0 Å². The Bertz CT molecular complexity index is 502. The molecule has 1 atom stereocenters. The van der Waals surface area contributed by atoms with E-state index in [4.69, 9.17) is 5.11 Å². The minimum atomic E-state index is -0.761. The summed E-state index contributed by atoms with van der Waals surface area (Å²) in [6.45, 7) is 4.57. The summed E-state index contributed by atoms with van der Waals surface area (Å²) in [5.74, 6) is -0.505. The smallest absolute Gasteiger partial charge is 0.303 e. The van der Waals surface area contributed by atoms with Crippen LogP contribution in [0.3, 0.4) is 0 Å². The van der Waals surface area contributed by atoms with Crippen molar-refractivity contribution in [1.29, 1.82) is 0 Å². The first kappa shape index (κ1) is 17.7. The number of hydrogen-bond donors (Lipinski definition) is 2. The van der Waals surface area contributed by atoms with Gasteiger partial charge in [0.15, 0.2) is 0 Å². The first-order valence-electron chi connectivity index (χ1n) is 7.20. The Morgan fingerprint density at radius 3 is 2.62 bits per heavy atom. The Kier molecular flexibility index (Phi) is 7.43. The minimum Gasteiger partial charge on any atom is -0.481 e. The predicted molar refractivity (Wildman–Crippen MR) is 86.5 cm³/mol. The molecular formula is C16H22BrNO3. The van der Waals surface area contributed by atoms with Gasteiger partial charge in [-0.25, -0.2) is 0 Å². The average molecular weight is 356 g/mol. The van der Waals surface area contributed by atoms with E-state index in [-0.39, 0.29) is 12.3 Å². The molecule has 2 N–H and O–H groups in total. The van der Waals surface area contributed by atoms with Crippen LogP contribution in [0.15, 0.2) is 22.7 Å². The van der Waals surface area contributed by atoms with Crippen LogP contribution in [0.1, 0.15) is 48.5 Å². The zero-order valence-corrected chi connectivity index (χ0v) is 14.1. The van der Waals surface area contributed by atoms with Gasteiger partial charge >= 0.3 is 5.97 Å². The molecule has 0 aliphatic heterocycles. The lowest BCUT2D eigenvalue weighted by molar-refractivity contribution is -0.137. The van der Waals surface area contributed by atoms with E-state index in [0.29, 0.717) is 24.4 Å². The predicted octanol–water partition coefficient (Wildman–Crippen LogP) is 3.77. The van der Waals surface area contributed by atoms with Crippen molar-refractivity contribution in [3.05, 3.63) is 33.8 Å². The SMILES string of the molecule is CCC(CCNC(=O)c1ccc(Br)c(C)c1)CCC(=O)O. The maximum atomic E-state index is 12.0. The molecule has 1 unspecified atom stereocenters. The Hall–Kier alpha value is -1.36. The molecule has 116 valence electrons. The third kappa shape index (κ3) is 6.29. The van der Waals surface area contributed by atoms with Crippen molar-refractivity contribution in [2.45, 2.75) is 39.5 Å². The second-order valence-corrected chi connectivity index (χ2v) is 6.07. The number of nitrogens with one attached hydrogen (secondary N) is 1. The van der Waals surface area contributed by atoms with Crippen LogP contribution in [-0.4, -0.2) is 23.5 Å². The summed E-state index contributed by atoms with van der Waals surface area (Å²) in [7, 11) is 0. The lowest BCUT2D eigenvalue weighted by atomic mass is 9.96. The molecular weight excluding hydrogens is 334 g/mol. The number of carboxylic acid groups (broad SMARTS) is 1. The number of carbonyl (C=O) groups is 2. The zero-order valence-electron chi connectivity index (χ0n) is 12.5. The lowest BCUT2D eigenvalue weighted by Gasteiger charge is -2.14. The summed E-state index contributed by atoms with van der Waals surface area (Å²) in [4.78, 5) is 22.6. The van der Waals surface area contributed by atoms with E-state index < -0.39 is 5.97 Å². The Morgan fingerprint density at radius 2 is 2.05 bits per heavy atom. The van der Waals surface area contributed by atoms with Gasteiger partial charge in [0.25, 0.3) is 5.91 Å². The highest BCUT2D eigenvalue weighted by Crippen LogP contribution is 2.17. The number of aliphatic carboxylic acids is 1. The molecule has 0 saturated carbocycles. The van der Waals surface area contributed by atoms with Crippen LogP contribution in [0.2, 0.25) is 0 Å². The first-order valence-corrected chi connectivity index (χ1v) is 7.99. The van der Waals surface area contributed by atoms with Crippen molar-refractivity contribution in [3.63, 3.8) is 0 Å². The summed E-state index contributed by atoms with van der Waals surface area (Å²) >= 11 is 3.41. The van der Waals surface area contributed by atoms with Crippen LogP contribution < -0.4 is 5.32 Å². The molecule has 1 aromatic rings. The molecule has 0 spiro atoms. The van der Waals surface area contributed by atoms with Crippen molar-refractivity contribution in [2.24, 2.45) is 5.92 Å². The number of halogens is 1. The molecule has 1 amide bonds. The van der Waals surface area contributed by atoms with E-state index in [1.165, 1.54) is 0 Å². The molecule has 0 aliphatic rings. The lowest BCUT2D eigenvalue weighted by Crippen LogP contribution is -2.26. The van der Waals surface area contributed by atoms with E-state index >= 15 is 0 Å². The van der Waals surface area contributed by atoms with Crippen LogP contribution in [0.25, 0.3) is 0 Å². The molecule has 0 aliphatic carbocycles. The van der Waals surface area contributed by atoms with Crippen molar-refractivity contribution >= 4 is 27.8 Å². The second kappa shape index (κ2) is 8.82. The number of hydrogen-bond acceptors (Lipinski definition) is 2. The van der Waals surface area contributed by atoms with Gasteiger partial charge in [-0.05, 0) is 49.4 Å². The molecule has 5 heteroatoms. The van der Waals surface area contributed by atoms with Crippen molar-refractivity contribution in [2.75, 3.05) is 6.54 Å². The fourth-order valence-electron chi connectivity index (χ4n) is 2.16. The van der Waals surface area contributed by atoms with Gasteiger partial charge in [-0.2, -0.15) is 0 Å². The van der Waals surface area contributed by atoms with Gasteiger partial charge in [0, 0.05) is 23.0 Å². The number of benzene rings is 1. The molecule has 0 heterocycles. The number of aryl methyl sites for hydroxylation is 1. The number of carboxylic acids is 1. The highest BCUT2D eigenvalue weighted by Gasteiger charge is 2.11. The van der Waals surface area contributed by atoms with Gasteiger partial charge in [-0.3, -0.25) is 9.59 Å². The number of rotatable bonds is 8. The van der Waals surface area contributed by atoms with E-state index in [0.717, 1.165) is 22.9 Å². The summed E-state index contributed by atoms with van der Waals surface area (Å²) in [6, 6.07) is 5.50. The molecule has 0 radical (unpaired) electrons. The molecule has 21 heavy (non-hydrogen) atoms. The molecule has 4 nitrogen and oxygen atoms in total. The highest BCUT2D eigenvalue weighted by atomic mass is 79.9. The van der Waals surface area contributed by atoms with Crippen LogP contribution in [0.4, 0.5) is 0 Å². The van der Waals surface area contributed by atoms with Crippen LogP contribution in [0, 0.1) is 12.8 Å². The summed E-state index contributed by atoms with van der Waals surface area (Å²) in [6.07, 6.45) is 2.60. The second-order valence-electron chi connectivity index (χ2n) is 5.22. The van der Waals surface area contributed by atoms with E-state index in [1.54, 1.807) is 6.07 Å². The standard InChI is InChI=1S/C16H22BrNO3/c1-3-12(4-7-15(19)20)8-9-18-16(21)13-5-6-14(17)11(2)10-13/h5-6,10,12H,3-4,7-9H2,1-2H3,(H,18,21)(H,19,20). The molecule has 0 saturated heterocycles. The van der Waals surface area contributed by atoms with Crippen LogP contribution >= 0.6 is 15.9 Å². The maximum Gasteiger partial charge on any atom is 0.303 e. The number of carbonyl (C=O) groups excluding carboxylic acids is 1. The van der Waals surface area contributed by atoms with Gasteiger partial charge in [-0.1, -0.05) is 29.3 Å². The van der Waals surface area contributed by atoms with Gasteiger partial charge in [0.05, 0.1) is 0 Å². The zero-order chi connectivity index (χ0) is 15.8. The highest BCUT2D eigenvalue weighted by molar-refractivity contribution is 9.10. The van der Waals surface area contributed by atoms with Gasteiger partial charge in [-0.15, -0.1) is 0 Å². The van der Waals surface area contributed by atoms with Crippen LogP contribution in [0.5, 0.6) is 0 Å². The van der Waals surface area contributed by atoms with Crippen LogP contribution in [-0.2, 0) is 4.79 Å². The van der Waals surface area contributed by atoms with Gasteiger partial charge < -0.3 is 10.4 Å². The monoisotopic (exact) mass is 355 g/mol. The third-order valence-corrected chi connectivity index (χ3v) is 4.49. The van der Waals surface area contributed by atoms with E-state index in [9.17, 15) is 9.59 Å². The maximum absolute atomic E-state index is 12.0. The molecule has 0 bridgehead atoms. The summed E-state index contributed by atoms with van der Waals surface area (Å²) < 4.78 is 0.985. The summed E-state index contributed by atoms with van der Waals surface area (Å²) in [5.41, 5.74) is 1.67. The number of amides is 1. The normalized spacial score (nSPS) is 12.0. The van der Waals surface area contributed by atoms with Crippen molar-refractivity contribution < 1.29 is 14.7 Å². The largest absolute Gasteiger partial charge is 0.481 e. The molecule has 0 fully saturated rings. The Balaban J connectivity index is 2.41. The molecule has 1 rings (SSSR count). The summed E-state index contributed by atoms with van der Waals surface area (Å²) in [5, 5.41) is 11.6. The first-order chi connectivity index (χ1) is 9.93. The quantitative estimate of drug-likeness (QED) is 0.745. The molecule has 1 aromatic carbocycles. The topological polar surface area (TPSA) is 66.4 Å². The minimum absolute atomic E-state index is 0.0845. The average Bonchev–Trinajstić information content (AvgIpc) is 2.45.